The van der Waals surface area contributed by atoms with E-state index in [-0.39, 0.29) is 19.1 Å². The summed E-state index contributed by atoms with van der Waals surface area (Å²) in [6.45, 7) is 4.91. The molecule has 1 amide bonds. The van der Waals surface area contributed by atoms with Crippen LogP contribution in [0.2, 0.25) is 0 Å². The van der Waals surface area contributed by atoms with Gasteiger partial charge in [-0.05, 0) is 38.5 Å². The number of aliphatic hydroxyl groups excluding tert-OH is 1. The van der Waals surface area contributed by atoms with Crippen LogP contribution in [-0.4, -0.2) is 73.4 Å². The molecule has 0 aliphatic rings. The van der Waals surface area contributed by atoms with Gasteiger partial charge in [0.15, 0.2) is 0 Å². The van der Waals surface area contributed by atoms with Crippen LogP contribution in [0.15, 0.2) is 12.2 Å². The quantitative estimate of drug-likeness (QED) is 0.0244. The Bertz CT molecular complexity index is 974. The fraction of sp³-hybridized carbons (Fsp3) is 0.940. The minimum atomic E-state index is -4.31. The number of phosphoric ester groups is 1. The molecule has 0 saturated heterocycles. The van der Waals surface area contributed by atoms with Crippen LogP contribution in [-0.2, 0) is 18.4 Å². The predicted octanol–water partition coefficient (Wildman–Crippen LogP) is 14.7. The van der Waals surface area contributed by atoms with Crippen LogP contribution < -0.4 is 5.32 Å². The fourth-order valence-corrected chi connectivity index (χ4v) is 8.43. The summed E-state index contributed by atoms with van der Waals surface area (Å²) in [4.78, 5) is 23.2. The van der Waals surface area contributed by atoms with Gasteiger partial charge in [-0.1, -0.05) is 219 Å². The number of quaternary nitrogens is 1. The Hall–Kier alpha value is -0.760. The number of carbonyl (C=O) groups excluding carboxylic acids is 1. The van der Waals surface area contributed by atoms with Gasteiger partial charge in [-0.2, -0.15) is 0 Å². The molecule has 0 spiro atoms. The fourth-order valence-electron chi connectivity index (χ4n) is 7.69. The van der Waals surface area contributed by atoms with Gasteiger partial charge in [0.2, 0.25) is 5.91 Å². The number of aliphatic hydroxyl groups is 1. The van der Waals surface area contributed by atoms with E-state index in [4.69, 9.17) is 9.05 Å². The molecule has 0 aromatic carbocycles. The van der Waals surface area contributed by atoms with Crippen molar-refractivity contribution in [2.24, 2.45) is 0 Å². The van der Waals surface area contributed by atoms with Crippen molar-refractivity contribution in [3.8, 4) is 0 Å². The van der Waals surface area contributed by atoms with Crippen LogP contribution in [0, 0.1) is 0 Å². The monoisotopic (exact) mass is 858 g/mol. The maximum Gasteiger partial charge on any atom is 0.472 e. The van der Waals surface area contributed by atoms with Crippen molar-refractivity contribution in [1.29, 1.82) is 0 Å². The van der Waals surface area contributed by atoms with Gasteiger partial charge in [-0.3, -0.25) is 13.8 Å². The SMILES string of the molecule is CCCCCCCC/C=C/CCCCCCCCCCCCCCCC(=O)N[C@@H](COP(=O)(O)OCC[N+](C)(C)C)[C@H](O)CCCCCCCCCCCCCCCC. The van der Waals surface area contributed by atoms with Gasteiger partial charge in [0.25, 0.3) is 0 Å². The van der Waals surface area contributed by atoms with Crippen molar-refractivity contribution in [1.82, 2.24) is 5.32 Å². The van der Waals surface area contributed by atoms with Gasteiger partial charge in [-0.15, -0.1) is 0 Å². The van der Waals surface area contributed by atoms with Gasteiger partial charge < -0.3 is 19.8 Å². The molecule has 0 radical (unpaired) electrons. The van der Waals surface area contributed by atoms with E-state index in [0.717, 1.165) is 38.5 Å². The van der Waals surface area contributed by atoms with Crippen LogP contribution >= 0.6 is 7.82 Å². The van der Waals surface area contributed by atoms with Crippen LogP contribution in [0.5, 0.6) is 0 Å². The zero-order chi connectivity index (χ0) is 43.6. The molecule has 0 aliphatic carbocycles. The molecular formula is C50H102N2O6P+. The molecule has 3 N–H and O–H groups in total. The van der Waals surface area contributed by atoms with Crippen molar-refractivity contribution >= 4 is 13.7 Å². The minimum absolute atomic E-state index is 0.0771. The maximum absolute atomic E-state index is 12.9. The highest BCUT2D eigenvalue weighted by Gasteiger charge is 2.28. The second-order valence-electron chi connectivity index (χ2n) is 18.9. The number of amides is 1. The Morgan fingerprint density at radius 3 is 1.31 bits per heavy atom. The zero-order valence-corrected chi connectivity index (χ0v) is 40.9. The number of hydrogen-bond acceptors (Lipinski definition) is 5. The Morgan fingerprint density at radius 2 is 0.915 bits per heavy atom. The molecule has 0 aromatic rings. The van der Waals surface area contributed by atoms with E-state index in [9.17, 15) is 19.4 Å². The van der Waals surface area contributed by atoms with Gasteiger partial charge in [0.05, 0.1) is 39.9 Å². The second kappa shape index (κ2) is 42.5. The smallest absolute Gasteiger partial charge is 0.391 e. The van der Waals surface area contributed by atoms with E-state index >= 15 is 0 Å². The van der Waals surface area contributed by atoms with Crippen molar-refractivity contribution in [2.45, 2.75) is 264 Å². The lowest BCUT2D eigenvalue weighted by Crippen LogP contribution is -2.46. The summed E-state index contributed by atoms with van der Waals surface area (Å²) in [6, 6.07) is -0.756. The lowest BCUT2D eigenvalue weighted by molar-refractivity contribution is -0.870. The maximum atomic E-state index is 12.9. The van der Waals surface area contributed by atoms with Crippen molar-refractivity contribution < 1.29 is 32.9 Å². The Morgan fingerprint density at radius 1 is 0.559 bits per heavy atom. The average molecular weight is 858 g/mol. The number of nitrogens with zero attached hydrogens (tertiary/aromatic N) is 1. The van der Waals surface area contributed by atoms with Gasteiger partial charge in [0, 0.05) is 6.42 Å². The van der Waals surface area contributed by atoms with Crippen LogP contribution in [0.1, 0.15) is 251 Å². The summed E-state index contributed by atoms with van der Waals surface area (Å²) in [5.41, 5.74) is 0. The van der Waals surface area contributed by atoms with Gasteiger partial charge in [0.1, 0.15) is 13.2 Å². The average Bonchev–Trinajstić information content (AvgIpc) is 3.19. The number of likely N-dealkylation sites (N-methyl/N-ethyl adjacent to an activating group) is 1. The standard InChI is InChI=1S/C50H101N2O6P/c1-6-8-10-12-14-16-18-20-22-23-24-25-26-27-28-29-30-32-34-36-38-40-42-44-50(54)51-48(47-58-59(55,56)57-46-45-52(3,4)5)49(53)43-41-39-37-35-33-31-21-19-17-15-13-11-9-7-2/h20,22,48-49,53H,6-19,21,23-47H2,1-5H3,(H-,51,54,55,56)/p+1/b22-20+/t48-,49+/m0/s1. The largest absolute Gasteiger partial charge is 0.472 e. The molecule has 59 heavy (non-hydrogen) atoms. The molecule has 0 rings (SSSR count). The van der Waals surface area contributed by atoms with Gasteiger partial charge in [-0.25, -0.2) is 4.57 Å². The summed E-state index contributed by atoms with van der Waals surface area (Å²) >= 11 is 0. The predicted molar refractivity (Wildman–Crippen MR) is 254 cm³/mol. The summed E-state index contributed by atoms with van der Waals surface area (Å²) in [5, 5.41) is 14.0. The number of phosphoric acid groups is 1. The number of rotatable bonds is 47. The second-order valence-corrected chi connectivity index (χ2v) is 20.4. The molecule has 1 unspecified atom stereocenters. The van der Waals surface area contributed by atoms with Crippen molar-refractivity contribution in [2.75, 3.05) is 40.9 Å². The minimum Gasteiger partial charge on any atom is -0.391 e. The van der Waals surface area contributed by atoms with E-state index in [1.807, 2.05) is 21.1 Å². The van der Waals surface area contributed by atoms with E-state index in [1.165, 1.54) is 186 Å². The lowest BCUT2D eigenvalue weighted by Gasteiger charge is -2.26. The Balaban J connectivity index is 4.18. The molecule has 9 heteroatoms. The Labute approximate surface area is 367 Å². The molecule has 0 fully saturated rings. The van der Waals surface area contributed by atoms with Crippen molar-refractivity contribution in [3.05, 3.63) is 12.2 Å². The first kappa shape index (κ1) is 58.2. The number of nitrogens with one attached hydrogen (secondary N) is 1. The third-order valence-electron chi connectivity index (χ3n) is 11.8. The third kappa shape index (κ3) is 45.1. The van der Waals surface area contributed by atoms with Crippen LogP contribution in [0.3, 0.4) is 0 Å². The first-order chi connectivity index (χ1) is 28.5. The molecule has 0 bridgehead atoms. The molecule has 8 nitrogen and oxygen atoms in total. The van der Waals surface area contributed by atoms with Crippen LogP contribution in [0.25, 0.3) is 0 Å². The number of carbonyl (C=O) groups is 1. The molecular weight excluding hydrogens is 756 g/mol. The highest BCUT2D eigenvalue weighted by molar-refractivity contribution is 7.47. The van der Waals surface area contributed by atoms with Crippen LogP contribution in [0.4, 0.5) is 0 Å². The summed E-state index contributed by atoms with van der Waals surface area (Å²) in [5.74, 6) is -0.141. The number of unbranched alkanes of at least 4 members (excludes halogenated alkanes) is 32. The highest BCUT2D eigenvalue weighted by atomic mass is 31.2. The summed E-state index contributed by atoms with van der Waals surface area (Å²) in [6.07, 6.45) is 49.6. The summed E-state index contributed by atoms with van der Waals surface area (Å²) < 4.78 is 23.7. The number of allylic oxidation sites excluding steroid dienone is 2. The molecule has 0 aliphatic heterocycles. The first-order valence-electron chi connectivity index (χ1n) is 25.6. The van der Waals surface area contributed by atoms with E-state index < -0.39 is 20.0 Å². The lowest BCUT2D eigenvalue weighted by atomic mass is 10.0. The summed E-state index contributed by atoms with van der Waals surface area (Å²) in [7, 11) is 1.63. The topological polar surface area (TPSA) is 105 Å². The van der Waals surface area contributed by atoms with Gasteiger partial charge >= 0.3 is 7.82 Å². The molecule has 3 atom stereocenters. The number of hydrogen-bond donors (Lipinski definition) is 3. The molecule has 0 saturated carbocycles. The molecule has 0 aromatic heterocycles. The normalized spacial score (nSPS) is 14.2. The third-order valence-corrected chi connectivity index (χ3v) is 12.7. The highest BCUT2D eigenvalue weighted by Crippen LogP contribution is 2.43. The van der Waals surface area contributed by atoms with Crippen molar-refractivity contribution in [3.63, 3.8) is 0 Å². The Kier molecular flexibility index (Phi) is 42.0. The first-order valence-corrected chi connectivity index (χ1v) is 27.0. The molecule has 0 heterocycles. The van der Waals surface area contributed by atoms with E-state index in [1.54, 1.807) is 0 Å². The molecule has 352 valence electrons. The van der Waals surface area contributed by atoms with E-state index in [2.05, 4.69) is 31.3 Å². The zero-order valence-electron chi connectivity index (χ0n) is 40.0. The van der Waals surface area contributed by atoms with E-state index in [0.29, 0.717) is 23.9 Å².